The predicted octanol–water partition coefficient (Wildman–Crippen LogP) is 2.60. The molecule has 118 valence electrons. The van der Waals surface area contributed by atoms with E-state index in [1.54, 1.807) is 20.2 Å². The molecule has 6 nitrogen and oxygen atoms in total. The molecule has 0 saturated carbocycles. The standard InChI is InChI=1S/C15H20N3O3P/c1-11-15(19)14(8-16)12(9-18-11)10-20-22(17-2)21-13-6-4-3-5-7-13/h3-7,9,17,19H,8,10,16H2,1-2H3. The maximum atomic E-state index is 10.00. The molecule has 1 aromatic heterocycles. The molecule has 4 N–H and O–H groups in total. The molecule has 0 aliphatic carbocycles. The Bertz CT molecular complexity index is 610. The zero-order chi connectivity index (χ0) is 15.9. The Kier molecular flexibility index (Phi) is 6.10. The van der Waals surface area contributed by atoms with E-state index in [2.05, 4.69) is 10.1 Å². The van der Waals surface area contributed by atoms with Crippen LogP contribution >= 0.6 is 8.53 Å². The van der Waals surface area contributed by atoms with Gasteiger partial charge in [0.15, 0.2) is 0 Å². The van der Waals surface area contributed by atoms with Crippen molar-refractivity contribution in [2.75, 3.05) is 7.05 Å². The second kappa shape index (κ2) is 8.06. The van der Waals surface area contributed by atoms with Gasteiger partial charge in [-0.25, -0.2) is 5.09 Å². The largest absolute Gasteiger partial charge is 0.506 e. The van der Waals surface area contributed by atoms with Gasteiger partial charge in [-0.05, 0) is 26.1 Å². The first-order chi connectivity index (χ1) is 10.7. The summed E-state index contributed by atoms with van der Waals surface area (Å²) in [6.07, 6.45) is 1.67. The third-order valence-electron chi connectivity index (χ3n) is 3.09. The third-order valence-corrected chi connectivity index (χ3v) is 4.19. The Morgan fingerprint density at radius 1 is 1.32 bits per heavy atom. The topological polar surface area (TPSA) is 89.6 Å². The Morgan fingerprint density at radius 3 is 2.68 bits per heavy atom. The van der Waals surface area contributed by atoms with E-state index in [9.17, 15) is 5.11 Å². The van der Waals surface area contributed by atoms with Gasteiger partial charge in [0.2, 0.25) is 0 Å². The minimum Gasteiger partial charge on any atom is -0.506 e. The first-order valence-electron chi connectivity index (χ1n) is 6.85. The van der Waals surface area contributed by atoms with Gasteiger partial charge in [0.25, 0.3) is 0 Å². The fourth-order valence-corrected chi connectivity index (χ4v) is 2.72. The van der Waals surface area contributed by atoms with Gasteiger partial charge in [-0.15, -0.1) is 0 Å². The van der Waals surface area contributed by atoms with E-state index in [-0.39, 0.29) is 18.9 Å². The van der Waals surface area contributed by atoms with Gasteiger partial charge >= 0.3 is 8.53 Å². The number of aryl methyl sites for hydroxylation is 1. The van der Waals surface area contributed by atoms with Crippen molar-refractivity contribution in [2.45, 2.75) is 20.1 Å². The Morgan fingerprint density at radius 2 is 2.05 bits per heavy atom. The summed E-state index contributed by atoms with van der Waals surface area (Å²) in [6.45, 7) is 2.22. The quantitative estimate of drug-likeness (QED) is 0.679. The number of rotatable bonds is 7. The smallest absolute Gasteiger partial charge is 0.318 e. The number of nitrogens with two attached hydrogens (primary N) is 1. The SMILES string of the molecule is CNP(OCc1cnc(C)c(O)c1CN)Oc1ccccc1. The van der Waals surface area contributed by atoms with Crippen LogP contribution in [0.1, 0.15) is 16.8 Å². The molecule has 2 rings (SSSR count). The van der Waals surface area contributed by atoms with E-state index < -0.39 is 8.53 Å². The fraction of sp³-hybridized carbons (Fsp3) is 0.267. The lowest BCUT2D eigenvalue weighted by molar-refractivity contribution is 0.295. The molecule has 2 aromatic rings. The summed E-state index contributed by atoms with van der Waals surface area (Å²) in [5.41, 5.74) is 7.66. The van der Waals surface area contributed by atoms with Crippen molar-refractivity contribution in [1.82, 2.24) is 10.1 Å². The predicted molar refractivity (Wildman–Crippen MR) is 86.4 cm³/mol. The molecule has 0 fully saturated rings. The van der Waals surface area contributed by atoms with Crippen LogP contribution in [0.5, 0.6) is 11.5 Å². The number of nitrogens with zero attached hydrogens (tertiary/aromatic N) is 1. The number of nitrogens with one attached hydrogen (secondary N) is 1. The highest BCUT2D eigenvalue weighted by atomic mass is 31.2. The number of pyridine rings is 1. The number of benzene rings is 1. The lowest BCUT2D eigenvalue weighted by Crippen LogP contribution is -2.09. The zero-order valence-electron chi connectivity index (χ0n) is 12.6. The summed E-state index contributed by atoms with van der Waals surface area (Å²) in [5.74, 6) is 0.855. The normalized spacial score (nSPS) is 12.1. The van der Waals surface area contributed by atoms with Crippen molar-refractivity contribution in [3.63, 3.8) is 0 Å². The summed E-state index contributed by atoms with van der Waals surface area (Å²) in [6, 6.07) is 9.44. The Labute approximate surface area is 131 Å². The van der Waals surface area contributed by atoms with Crippen LogP contribution in [0.4, 0.5) is 0 Å². The van der Waals surface area contributed by atoms with E-state index in [0.717, 1.165) is 11.3 Å². The van der Waals surface area contributed by atoms with Crippen LogP contribution < -0.4 is 15.3 Å². The van der Waals surface area contributed by atoms with Crippen molar-refractivity contribution < 1.29 is 14.2 Å². The Hall–Kier alpha value is -1.72. The lowest BCUT2D eigenvalue weighted by atomic mass is 10.1. The van der Waals surface area contributed by atoms with E-state index >= 15 is 0 Å². The van der Waals surface area contributed by atoms with Crippen LogP contribution in [0.15, 0.2) is 36.5 Å². The first-order valence-corrected chi connectivity index (χ1v) is 8.03. The summed E-state index contributed by atoms with van der Waals surface area (Å²) in [7, 11) is 0.474. The summed E-state index contributed by atoms with van der Waals surface area (Å²) >= 11 is 0. The maximum absolute atomic E-state index is 10.00. The van der Waals surface area contributed by atoms with Gasteiger partial charge in [-0.1, -0.05) is 18.2 Å². The maximum Gasteiger partial charge on any atom is 0.318 e. The monoisotopic (exact) mass is 321 g/mol. The molecule has 22 heavy (non-hydrogen) atoms. The van der Waals surface area contributed by atoms with Gasteiger partial charge in [-0.2, -0.15) is 0 Å². The fourth-order valence-electron chi connectivity index (χ4n) is 1.88. The van der Waals surface area contributed by atoms with Crippen molar-refractivity contribution in [3.8, 4) is 11.5 Å². The van der Waals surface area contributed by atoms with E-state index in [4.69, 9.17) is 14.8 Å². The van der Waals surface area contributed by atoms with Gasteiger partial charge < -0.3 is 19.9 Å². The number of hydrogen-bond donors (Lipinski definition) is 3. The summed E-state index contributed by atoms with van der Waals surface area (Å²) in [5, 5.41) is 13.0. The molecule has 1 heterocycles. The zero-order valence-corrected chi connectivity index (χ0v) is 13.5. The number of aromatic nitrogens is 1. The van der Waals surface area contributed by atoms with Crippen LogP contribution in [0.25, 0.3) is 0 Å². The van der Waals surface area contributed by atoms with Crippen molar-refractivity contribution >= 4 is 8.53 Å². The molecule has 0 spiro atoms. The van der Waals surface area contributed by atoms with Crippen LogP contribution in [-0.4, -0.2) is 17.1 Å². The van der Waals surface area contributed by atoms with Crippen molar-refractivity contribution in [2.24, 2.45) is 5.73 Å². The second-order valence-corrected chi connectivity index (χ2v) is 5.96. The van der Waals surface area contributed by atoms with Gasteiger partial charge in [0.05, 0.1) is 12.3 Å². The van der Waals surface area contributed by atoms with Crippen LogP contribution in [-0.2, 0) is 17.7 Å². The molecule has 0 amide bonds. The van der Waals surface area contributed by atoms with E-state index in [0.29, 0.717) is 11.3 Å². The molecule has 0 bridgehead atoms. The minimum atomic E-state index is -1.29. The van der Waals surface area contributed by atoms with Gasteiger partial charge in [-0.3, -0.25) is 4.98 Å². The van der Waals surface area contributed by atoms with E-state index in [1.165, 1.54) is 0 Å². The van der Waals surface area contributed by atoms with Crippen LogP contribution in [0.2, 0.25) is 0 Å². The first kappa shape index (κ1) is 16.6. The molecule has 0 saturated heterocycles. The van der Waals surface area contributed by atoms with Crippen LogP contribution in [0.3, 0.4) is 0 Å². The molecule has 1 atom stereocenters. The van der Waals surface area contributed by atoms with Crippen LogP contribution in [0, 0.1) is 6.92 Å². The summed E-state index contributed by atoms with van der Waals surface area (Å²) < 4.78 is 11.5. The van der Waals surface area contributed by atoms with Gasteiger partial charge in [0.1, 0.15) is 11.5 Å². The number of para-hydroxylation sites is 1. The molecule has 7 heteroatoms. The third kappa shape index (κ3) is 4.15. The second-order valence-electron chi connectivity index (χ2n) is 4.56. The van der Waals surface area contributed by atoms with Gasteiger partial charge in [0, 0.05) is 23.9 Å². The summed E-state index contributed by atoms with van der Waals surface area (Å²) in [4.78, 5) is 4.14. The highest BCUT2D eigenvalue weighted by Crippen LogP contribution is 2.36. The highest BCUT2D eigenvalue weighted by molar-refractivity contribution is 7.45. The average Bonchev–Trinajstić information content (AvgIpc) is 2.55. The molecular formula is C15H20N3O3P. The minimum absolute atomic E-state index is 0.126. The molecule has 0 radical (unpaired) electrons. The molecule has 0 aliphatic rings. The highest BCUT2D eigenvalue weighted by Gasteiger charge is 2.15. The average molecular weight is 321 g/mol. The molecular weight excluding hydrogens is 301 g/mol. The van der Waals surface area contributed by atoms with E-state index in [1.807, 2.05) is 30.3 Å². The molecule has 1 unspecified atom stereocenters. The molecule has 1 aromatic carbocycles. The van der Waals surface area contributed by atoms with Crippen molar-refractivity contribution in [1.29, 1.82) is 0 Å². The Balaban J connectivity index is 2.03. The lowest BCUT2D eigenvalue weighted by Gasteiger charge is -2.18. The number of aromatic hydroxyl groups is 1. The van der Waals surface area contributed by atoms with Crippen molar-refractivity contribution in [3.05, 3.63) is 53.3 Å². The number of hydrogen-bond acceptors (Lipinski definition) is 6. The molecule has 0 aliphatic heterocycles.